The molecular formula is C16H14BrN3O3. The number of phenolic OH excluding ortho intramolecular Hbond substituents is 1. The fraction of sp³-hybridized carbons (Fsp3) is 0. The van der Waals surface area contributed by atoms with Gasteiger partial charge in [0.2, 0.25) is 5.91 Å². The Morgan fingerprint density at radius 1 is 1.09 bits per heavy atom. The zero-order chi connectivity index (χ0) is 16.8. The molecule has 0 unspecified atom stereocenters. The van der Waals surface area contributed by atoms with E-state index in [9.17, 15) is 14.7 Å². The van der Waals surface area contributed by atoms with Gasteiger partial charge < -0.3 is 21.5 Å². The molecule has 5 N–H and O–H groups in total. The van der Waals surface area contributed by atoms with E-state index in [0.717, 1.165) is 4.47 Å². The Bertz CT molecular complexity index is 775. The Balaban J connectivity index is 2.06. The first-order valence-corrected chi connectivity index (χ1v) is 7.38. The average molecular weight is 376 g/mol. The average Bonchev–Trinajstić information content (AvgIpc) is 2.50. The van der Waals surface area contributed by atoms with Gasteiger partial charge in [-0.3, -0.25) is 4.79 Å². The minimum absolute atomic E-state index is 0.126. The summed E-state index contributed by atoms with van der Waals surface area (Å²) in [5, 5.41) is 15.1. The van der Waals surface area contributed by atoms with Crippen LogP contribution in [0.5, 0.6) is 5.75 Å². The smallest absolute Gasteiger partial charge is 0.323 e. The van der Waals surface area contributed by atoms with E-state index in [1.807, 2.05) is 6.07 Å². The van der Waals surface area contributed by atoms with Crippen molar-refractivity contribution >= 4 is 45.3 Å². The van der Waals surface area contributed by atoms with Crippen molar-refractivity contribution in [1.29, 1.82) is 0 Å². The highest BCUT2D eigenvalue weighted by Gasteiger charge is 2.08. The minimum Gasteiger partial charge on any atom is -0.506 e. The molecule has 0 saturated heterocycles. The van der Waals surface area contributed by atoms with E-state index in [0.29, 0.717) is 11.3 Å². The highest BCUT2D eigenvalue weighted by molar-refractivity contribution is 9.10. The lowest BCUT2D eigenvalue weighted by atomic mass is 10.1. The van der Waals surface area contributed by atoms with Gasteiger partial charge in [-0.05, 0) is 51.8 Å². The molecule has 2 aromatic rings. The molecule has 0 saturated carbocycles. The number of urea groups is 1. The molecule has 0 fully saturated rings. The van der Waals surface area contributed by atoms with E-state index in [1.54, 1.807) is 24.3 Å². The van der Waals surface area contributed by atoms with Gasteiger partial charge >= 0.3 is 6.03 Å². The third-order valence-electron chi connectivity index (χ3n) is 2.83. The zero-order valence-electron chi connectivity index (χ0n) is 11.9. The lowest BCUT2D eigenvalue weighted by Gasteiger charge is -2.10. The summed E-state index contributed by atoms with van der Waals surface area (Å²) >= 11 is 3.33. The fourth-order valence-corrected chi connectivity index (χ4v) is 2.16. The molecule has 0 radical (unpaired) electrons. The molecule has 118 valence electrons. The van der Waals surface area contributed by atoms with Gasteiger partial charge in [-0.15, -0.1) is 0 Å². The van der Waals surface area contributed by atoms with Crippen LogP contribution in [-0.2, 0) is 4.79 Å². The van der Waals surface area contributed by atoms with E-state index in [1.165, 1.54) is 24.3 Å². The van der Waals surface area contributed by atoms with Crippen molar-refractivity contribution in [1.82, 2.24) is 0 Å². The summed E-state index contributed by atoms with van der Waals surface area (Å²) in [5.41, 5.74) is 6.43. The zero-order valence-corrected chi connectivity index (χ0v) is 13.5. The van der Waals surface area contributed by atoms with Crippen LogP contribution in [0.2, 0.25) is 0 Å². The van der Waals surface area contributed by atoms with E-state index < -0.39 is 11.9 Å². The normalized spacial score (nSPS) is 10.5. The topological polar surface area (TPSA) is 104 Å². The SMILES string of the molecule is NC(=O)C=Cc1ccc(NC(=O)Nc2ccccc2Br)c(O)c1. The van der Waals surface area contributed by atoms with Crippen molar-refractivity contribution in [2.24, 2.45) is 5.73 Å². The predicted octanol–water partition coefficient (Wildman–Crippen LogP) is 3.30. The number of para-hydroxylation sites is 1. The molecule has 0 aliphatic carbocycles. The van der Waals surface area contributed by atoms with Crippen molar-refractivity contribution in [3.05, 3.63) is 58.6 Å². The number of benzene rings is 2. The van der Waals surface area contributed by atoms with Crippen molar-refractivity contribution in [2.75, 3.05) is 10.6 Å². The number of nitrogens with two attached hydrogens (primary N) is 1. The van der Waals surface area contributed by atoms with Crippen LogP contribution < -0.4 is 16.4 Å². The van der Waals surface area contributed by atoms with Crippen LogP contribution in [0.3, 0.4) is 0 Å². The van der Waals surface area contributed by atoms with E-state index >= 15 is 0 Å². The standard InChI is InChI=1S/C16H14BrN3O3/c17-11-3-1-2-4-12(11)19-16(23)20-13-7-5-10(9-14(13)21)6-8-15(18)22/h1-9,21H,(H2,18,22)(H2,19,20,23). The molecule has 2 aromatic carbocycles. The van der Waals surface area contributed by atoms with Crippen LogP contribution in [0.1, 0.15) is 5.56 Å². The van der Waals surface area contributed by atoms with E-state index in [-0.39, 0.29) is 11.4 Å². The number of phenols is 1. The van der Waals surface area contributed by atoms with Crippen LogP contribution in [0.25, 0.3) is 6.08 Å². The number of carbonyl (C=O) groups is 2. The first kappa shape index (κ1) is 16.6. The van der Waals surface area contributed by atoms with Gasteiger partial charge in [-0.1, -0.05) is 18.2 Å². The van der Waals surface area contributed by atoms with Crippen LogP contribution in [-0.4, -0.2) is 17.0 Å². The largest absolute Gasteiger partial charge is 0.506 e. The highest BCUT2D eigenvalue weighted by Crippen LogP contribution is 2.26. The van der Waals surface area contributed by atoms with Gasteiger partial charge in [0.15, 0.2) is 0 Å². The first-order chi connectivity index (χ1) is 11.0. The molecular weight excluding hydrogens is 362 g/mol. The molecule has 3 amide bonds. The number of hydrogen-bond acceptors (Lipinski definition) is 3. The Morgan fingerprint density at radius 2 is 1.78 bits per heavy atom. The number of halogens is 1. The lowest BCUT2D eigenvalue weighted by Crippen LogP contribution is -2.19. The molecule has 0 spiro atoms. The van der Waals surface area contributed by atoms with Crippen LogP contribution in [0, 0.1) is 0 Å². The molecule has 7 heteroatoms. The minimum atomic E-state index is -0.584. The number of nitrogens with one attached hydrogen (secondary N) is 2. The maximum absolute atomic E-state index is 12.0. The second-order valence-electron chi connectivity index (χ2n) is 4.57. The summed E-state index contributed by atoms with van der Waals surface area (Å²) in [6.07, 6.45) is 2.65. The van der Waals surface area contributed by atoms with Crippen molar-refractivity contribution in [2.45, 2.75) is 0 Å². The summed E-state index contributed by atoms with van der Waals surface area (Å²) in [6, 6.07) is 11.2. The Hall–Kier alpha value is -2.80. The van der Waals surface area contributed by atoms with Gasteiger partial charge in [-0.25, -0.2) is 4.79 Å². The van der Waals surface area contributed by atoms with Gasteiger partial charge in [0.1, 0.15) is 5.75 Å². The van der Waals surface area contributed by atoms with Gasteiger partial charge in [-0.2, -0.15) is 0 Å². The summed E-state index contributed by atoms with van der Waals surface area (Å²) in [5.74, 6) is -0.710. The lowest BCUT2D eigenvalue weighted by molar-refractivity contribution is -0.113. The molecule has 23 heavy (non-hydrogen) atoms. The van der Waals surface area contributed by atoms with Crippen LogP contribution in [0.4, 0.5) is 16.2 Å². The third kappa shape index (κ3) is 4.86. The summed E-state index contributed by atoms with van der Waals surface area (Å²) in [6.45, 7) is 0. The van der Waals surface area contributed by atoms with E-state index in [4.69, 9.17) is 5.73 Å². The van der Waals surface area contributed by atoms with Gasteiger partial charge in [0, 0.05) is 10.5 Å². The Labute approximate surface area is 141 Å². The predicted molar refractivity (Wildman–Crippen MR) is 93.1 cm³/mol. The number of amides is 3. The van der Waals surface area contributed by atoms with Crippen LogP contribution >= 0.6 is 15.9 Å². The Morgan fingerprint density at radius 3 is 2.43 bits per heavy atom. The maximum atomic E-state index is 12.0. The van der Waals surface area contributed by atoms with Crippen LogP contribution in [0.15, 0.2) is 53.0 Å². The highest BCUT2D eigenvalue weighted by atomic mass is 79.9. The second kappa shape index (κ2) is 7.46. The molecule has 0 aliphatic heterocycles. The maximum Gasteiger partial charge on any atom is 0.323 e. The number of primary amides is 1. The molecule has 6 nitrogen and oxygen atoms in total. The van der Waals surface area contributed by atoms with Crippen molar-refractivity contribution in [3.63, 3.8) is 0 Å². The van der Waals surface area contributed by atoms with Crippen molar-refractivity contribution in [3.8, 4) is 5.75 Å². The quantitative estimate of drug-likeness (QED) is 0.486. The van der Waals surface area contributed by atoms with Gasteiger partial charge in [0.05, 0.1) is 11.4 Å². The number of hydrogen-bond donors (Lipinski definition) is 4. The summed E-state index contributed by atoms with van der Waals surface area (Å²) in [7, 11) is 0. The number of aromatic hydroxyl groups is 1. The molecule has 0 atom stereocenters. The summed E-state index contributed by atoms with van der Waals surface area (Å²) < 4.78 is 0.742. The first-order valence-electron chi connectivity index (χ1n) is 6.59. The fourth-order valence-electron chi connectivity index (χ4n) is 1.77. The molecule has 0 aromatic heterocycles. The molecule has 2 rings (SSSR count). The summed E-state index contributed by atoms with van der Waals surface area (Å²) in [4.78, 5) is 22.6. The third-order valence-corrected chi connectivity index (χ3v) is 3.52. The molecule has 0 heterocycles. The molecule has 0 bridgehead atoms. The van der Waals surface area contributed by atoms with E-state index in [2.05, 4.69) is 26.6 Å². The van der Waals surface area contributed by atoms with Crippen molar-refractivity contribution < 1.29 is 14.7 Å². The number of carbonyl (C=O) groups excluding carboxylic acids is 2. The second-order valence-corrected chi connectivity index (χ2v) is 5.43. The number of rotatable bonds is 4. The number of anilines is 2. The monoisotopic (exact) mass is 375 g/mol. The molecule has 0 aliphatic rings. The Kier molecular flexibility index (Phi) is 5.37. The van der Waals surface area contributed by atoms with Gasteiger partial charge in [0.25, 0.3) is 0 Å².